The van der Waals surface area contributed by atoms with Crippen molar-refractivity contribution in [1.82, 2.24) is 73.7 Å². The van der Waals surface area contributed by atoms with Crippen molar-refractivity contribution in [3.8, 4) is 0 Å². The molecule has 1 aliphatic rings. The molecular weight excluding hydrogens is 1550 g/mol. The highest BCUT2D eigenvalue weighted by atomic mass is 16.5. The summed E-state index contributed by atoms with van der Waals surface area (Å²) in [6.07, 6.45) is -5.03. The lowest BCUT2D eigenvalue weighted by molar-refractivity contribution is -0.159. The molecule has 0 saturated carbocycles. The fraction of sp³-hybridized carbons (Fsp3) is 0.616. The van der Waals surface area contributed by atoms with Crippen molar-refractivity contribution in [3.63, 3.8) is 0 Å². The lowest BCUT2D eigenvalue weighted by atomic mass is 9.94. The van der Waals surface area contributed by atoms with Crippen molar-refractivity contribution in [1.29, 1.82) is 0 Å². The molecule has 0 radical (unpaired) electrons. The zero-order valence-electron chi connectivity index (χ0n) is 66.4. The number of nitrogens with zero attached hydrogens (tertiary/aromatic N) is 1. The van der Waals surface area contributed by atoms with Gasteiger partial charge in [-0.2, -0.15) is 0 Å². The Hall–Kier alpha value is -12.0. The number of likely N-dealkylation sites (N-methyl/N-ethyl adjacent to an activating group) is 1. The number of methoxy groups -OCH3 is 1. The van der Waals surface area contributed by atoms with Gasteiger partial charge in [-0.25, -0.2) is 9.59 Å². The molecule has 650 valence electrons. The number of aliphatic hydroxyl groups is 1. The Morgan fingerprint density at radius 1 is 0.624 bits per heavy atom. The molecule has 16 unspecified atom stereocenters. The monoisotopic (exact) mass is 1660 g/mol. The molecule has 1 fully saturated rings. The first-order valence-electron chi connectivity index (χ1n) is 38.1. The minimum Gasteiger partial charge on any atom is -0.481 e. The van der Waals surface area contributed by atoms with Crippen LogP contribution in [0, 0.1) is 11.8 Å². The predicted molar refractivity (Wildman–Crippen MR) is 408 cm³/mol. The normalized spacial score (nSPS) is 22.0. The van der Waals surface area contributed by atoms with Crippen LogP contribution in [0.1, 0.15) is 156 Å². The number of fused-ring (bicyclic) bond motifs is 1. The van der Waals surface area contributed by atoms with E-state index in [2.05, 4.69) is 65.1 Å². The number of primary amides is 2. The van der Waals surface area contributed by atoms with Crippen molar-refractivity contribution >= 4 is 129 Å². The van der Waals surface area contributed by atoms with E-state index in [1.165, 1.54) is 13.8 Å². The van der Waals surface area contributed by atoms with Gasteiger partial charge in [0.1, 0.15) is 72.6 Å². The number of unbranched alkanes of at least 4 members (excludes halogenated alkanes) is 7. The molecule has 2 aromatic rings. The van der Waals surface area contributed by atoms with Gasteiger partial charge in [0.2, 0.25) is 88.6 Å². The summed E-state index contributed by atoms with van der Waals surface area (Å²) in [7, 11) is 1.70. The van der Waals surface area contributed by atoms with Crippen LogP contribution < -0.4 is 81.0 Å². The Kier molecular flexibility index (Phi) is 42.2. The summed E-state index contributed by atoms with van der Waals surface area (Å²) in [6, 6.07) is -15.7. The molecule has 0 bridgehead atoms. The van der Waals surface area contributed by atoms with Crippen molar-refractivity contribution in [3.05, 3.63) is 36.0 Å². The van der Waals surface area contributed by atoms with Gasteiger partial charge in [-0.3, -0.25) is 86.3 Å². The van der Waals surface area contributed by atoms with E-state index in [4.69, 9.17) is 26.7 Å². The molecule has 1 aromatic carbocycles. The largest absolute Gasteiger partial charge is 0.481 e. The molecule has 15 amide bonds. The highest BCUT2D eigenvalue weighted by molar-refractivity contribution is 6.03. The van der Waals surface area contributed by atoms with Crippen molar-refractivity contribution in [2.24, 2.45) is 29.0 Å². The first-order valence-corrected chi connectivity index (χ1v) is 38.1. The number of para-hydroxylation sites is 1. The van der Waals surface area contributed by atoms with E-state index < -0.39 is 260 Å². The van der Waals surface area contributed by atoms with E-state index in [0.29, 0.717) is 34.2 Å². The maximum Gasteiger partial charge on any atom is 0.335 e. The van der Waals surface area contributed by atoms with E-state index >= 15 is 4.79 Å². The summed E-state index contributed by atoms with van der Waals surface area (Å²) in [5, 5.41) is 78.4. The van der Waals surface area contributed by atoms with Crippen LogP contribution in [0.5, 0.6) is 0 Å². The van der Waals surface area contributed by atoms with Gasteiger partial charge in [0, 0.05) is 50.5 Å². The van der Waals surface area contributed by atoms with Crippen LogP contribution in [0.2, 0.25) is 0 Å². The van der Waals surface area contributed by atoms with Crippen LogP contribution in [0.25, 0.3) is 10.9 Å². The molecule has 44 nitrogen and oxygen atoms in total. The fourth-order valence-corrected chi connectivity index (χ4v) is 12.2. The number of aliphatic carboxylic acids is 4. The number of carboxylic acids is 4. The number of benzene rings is 1. The summed E-state index contributed by atoms with van der Waals surface area (Å²) in [5.74, 6) is -31.0. The van der Waals surface area contributed by atoms with E-state index in [9.17, 15) is 117 Å². The van der Waals surface area contributed by atoms with Gasteiger partial charge in [0.25, 0.3) is 0 Å². The molecule has 1 aliphatic heterocycles. The number of carbonyl (C=O) groups excluding carboxylic acids is 16. The minimum atomic E-state index is -2.80. The number of amides is 15. The number of nitrogens with two attached hydrogens (primary N) is 3. The standard InChI is InChI=1S/C73H111N17O27/c1-9-11-12-13-14-15-16-24-48(92)80-44(29-39-32-77-41-22-18-17-21-40(39)41)65(106)83-43(25-26-51(95)96)64(105)88-57(59(101)61(76)102)70(111)87-56-38(6)117-73(115)55(35(3)10-2)86-69(110)54(36(4)28-52(97)98)85-67(108)45(30-47(75)91)81-49(93)33-78-68(109)58(60(116-8)72(113)114)89-63(104)42(23-19-20-27-74)82-66(107)46(31-53(99)100)84-62(103)37(5)79-50(94)34-90(7)71(56)112/h17-18,21-22,32,35-38,42-46,54-60,77,101H,9-16,19-20,23-31,33-34,74H2,1-8H3,(H2,75,91)(H2,76,102)(H,78,109)(H,79,94)(H,80,92)(H,81,93)(H,82,107)(H,83,106)(H,84,103)(H,85,108)(H,86,110)(H,87,111)(H,88,105)(H,89,104)(H,95,96)(H,97,98)(H,99,100)(H,113,114). The Morgan fingerprint density at radius 3 is 1.82 bits per heavy atom. The molecule has 0 aliphatic carbocycles. The maximum absolute atomic E-state index is 15.0. The average Bonchev–Trinajstić information content (AvgIpc) is 1.76. The topological polar surface area (TPSA) is 702 Å². The maximum atomic E-state index is 15.0. The van der Waals surface area contributed by atoms with Crippen molar-refractivity contribution in [2.75, 3.05) is 33.8 Å². The van der Waals surface area contributed by atoms with Crippen LogP contribution in [-0.2, 0) is 112 Å². The number of carboxylic acid groups (broad SMARTS) is 4. The van der Waals surface area contributed by atoms with Gasteiger partial charge >= 0.3 is 29.8 Å². The second-order valence-electron chi connectivity index (χ2n) is 28.4. The van der Waals surface area contributed by atoms with Crippen molar-refractivity contribution in [2.45, 2.75) is 242 Å². The Morgan fingerprint density at radius 2 is 1.22 bits per heavy atom. The van der Waals surface area contributed by atoms with Gasteiger partial charge in [-0.1, -0.05) is 90.8 Å². The van der Waals surface area contributed by atoms with E-state index in [1.54, 1.807) is 30.5 Å². The lowest BCUT2D eigenvalue weighted by Crippen LogP contribution is -2.64. The van der Waals surface area contributed by atoms with Gasteiger partial charge in [0.15, 0.2) is 12.2 Å². The molecule has 16 atom stereocenters. The molecule has 2 heterocycles. The number of aromatic nitrogens is 1. The number of hydrogen-bond acceptors (Lipinski definition) is 24. The van der Waals surface area contributed by atoms with Crippen LogP contribution in [-0.4, -0.2) is 272 Å². The number of hydrogen-bond donors (Lipinski definition) is 21. The summed E-state index contributed by atoms with van der Waals surface area (Å²) in [6.45, 7) is 5.66. The molecular formula is C73H111N17O27. The Labute approximate surface area is 672 Å². The first-order chi connectivity index (χ1) is 55.1. The molecule has 44 heteroatoms. The third kappa shape index (κ3) is 33.4. The summed E-state index contributed by atoms with van der Waals surface area (Å²) in [4.78, 5) is 278. The van der Waals surface area contributed by atoms with Crippen molar-refractivity contribution < 1.29 is 131 Å². The van der Waals surface area contributed by atoms with Crippen LogP contribution in [0.4, 0.5) is 0 Å². The second-order valence-corrected chi connectivity index (χ2v) is 28.4. The van der Waals surface area contributed by atoms with Crippen LogP contribution in [0.3, 0.4) is 0 Å². The second kappa shape index (κ2) is 49.7. The number of ether oxygens (including phenoxy) is 2. The fourth-order valence-electron chi connectivity index (χ4n) is 12.2. The third-order valence-corrected chi connectivity index (χ3v) is 19.0. The van der Waals surface area contributed by atoms with E-state index in [-0.39, 0.29) is 45.1 Å². The van der Waals surface area contributed by atoms with Gasteiger partial charge in [-0.15, -0.1) is 0 Å². The molecule has 117 heavy (non-hydrogen) atoms. The molecule has 1 saturated heterocycles. The number of aliphatic hydroxyl groups excluding tert-OH is 1. The highest BCUT2D eigenvalue weighted by Crippen LogP contribution is 2.22. The number of carbonyl (C=O) groups is 20. The summed E-state index contributed by atoms with van der Waals surface area (Å²) < 4.78 is 10.8. The predicted octanol–water partition coefficient (Wildman–Crippen LogP) is -5.83. The van der Waals surface area contributed by atoms with Gasteiger partial charge < -0.3 is 126 Å². The molecule has 3 rings (SSSR count). The summed E-state index contributed by atoms with van der Waals surface area (Å²) in [5.41, 5.74) is 17.8. The van der Waals surface area contributed by atoms with Crippen LogP contribution >= 0.6 is 0 Å². The zero-order valence-corrected chi connectivity index (χ0v) is 66.4. The Bertz CT molecular complexity index is 3880. The zero-order chi connectivity index (χ0) is 88.1. The lowest BCUT2D eigenvalue weighted by Gasteiger charge is -2.33. The molecule has 0 spiro atoms. The SMILES string of the molecule is CCCCCCCCCC(=O)NC(Cc1c[nH]c2ccccc12)C(=O)NC(CCC(=O)O)C(=O)NC(C(=O)NC1C(=O)N(C)CC(=O)NC(C)C(=O)NC(CC(=O)O)C(=O)NC(CCCCN)C(=O)NC(C(OC)C(=O)O)C(=O)NCC(=O)NC(CC(N)=O)C(=O)NC(C(C)CC(=O)O)C(=O)NC(C(C)CC)C(=O)OC1C)C(O)C(N)=O. The third-order valence-electron chi connectivity index (χ3n) is 19.0. The number of esters is 1. The van der Waals surface area contributed by atoms with E-state index in [0.717, 1.165) is 67.0 Å². The quantitative estimate of drug-likeness (QED) is 0.0220. The van der Waals surface area contributed by atoms with E-state index in [1.807, 2.05) is 10.6 Å². The van der Waals surface area contributed by atoms with Gasteiger partial charge in [0.05, 0.1) is 32.4 Å². The van der Waals surface area contributed by atoms with Crippen LogP contribution in [0.15, 0.2) is 30.5 Å². The molecule has 1 aromatic heterocycles. The number of H-pyrrole nitrogens is 1. The summed E-state index contributed by atoms with van der Waals surface area (Å²) >= 11 is 0. The van der Waals surface area contributed by atoms with Gasteiger partial charge in [-0.05, 0) is 76.0 Å². The minimum absolute atomic E-state index is 0.00460. The smallest absolute Gasteiger partial charge is 0.335 e. The Balaban J connectivity index is 2.30. The number of rotatable bonds is 38. The number of aromatic amines is 1. The first kappa shape index (κ1) is 99.2. The average molecular weight is 1660 g/mol. The highest BCUT2D eigenvalue weighted by Gasteiger charge is 2.44. The molecule has 24 N–H and O–H groups in total. The number of nitrogens with one attached hydrogen (secondary N) is 13. The number of cyclic esters (lactones) is 1.